The van der Waals surface area contributed by atoms with E-state index >= 15 is 0 Å². The highest BCUT2D eigenvalue weighted by Gasteiger charge is 2.12. The second-order valence-corrected chi connectivity index (χ2v) is 5.83. The van der Waals surface area contributed by atoms with Crippen molar-refractivity contribution in [1.82, 2.24) is 15.2 Å². The van der Waals surface area contributed by atoms with Crippen LogP contribution in [0.15, 0.2) is 29.6 Å². The summed E-state index contributed by atoms with van der Waals surface area (Å²) in [5, 5.41) is 6.69. The number of nitrogens with zero attached hydrogens (tertiary/aromatic N) is 2. The van der Waals surface area contributed by atoms with E-state index in [1.165, 1.54) is 5.01 Å². The second-order valence-electron chi connectivity index (χ2n) is 4.88. The Morgan fingerprint density at radius 1 is 1.35 bits per heavy atom. The Morgan fingerprint density at radius 3 is 3.00 bits per heavy atom. The SMILES string of the molecule is COc1cccc(-c2csc(CN3CCNCC3)n2)c1. The van der Waals surface area contributed by atoms with Crippen molar-refractivity contribution in [3.8, 4) is 17.0 Å². The molecule has 0 radical (unpaired) electrons. The van der Waals surface area contributed by atoms with E-state index in [0.717, 1.165) is 49.7 Å². The zero-order valence-electron chi connectivity index (χ0n) is 11.6. The number of aromatic nitrogens is 1. The van der Waals surface area contributed by atoms with Gasteiger partial charge in [-0.3, -0.25) is 4.90 Å². The van der Waals surface area contributed by atoms with Gasteiger partial charge in [0.2, 0.25) is 0 Å². The number of hydrogen-bond acceptors (Lipinski definition) is 5. The van der Waals surface area contributed by atoms with E-state index in [1.54, 1.807) is 18.4 Å². The van der Waals surface area contributed by atoms with Crippen LogP contribution in [0, 0.1) is 0 Å². The molecule has 1 N–H and O–H groups in total. The van der Waals surface area contributed by atoms with Crippen molar-refractivity contribution >= 4 is 11.3 Å². The summed E-state index contributed by atoms with van der Waals surface area (Å²) in [4.78, 5) is 7.20. The molecule has 1 saturated heterocycles. The Kier molecular flexibility index (Phi) is 4.30. The number of nitrogens with one attached hydrogen (secondary N) is 1. The van der Waals surface area contributed by atoms with E-state index in [-0.39, 0.29) is 0 Å². The van der Waals surface area contributed by atoms with Crippen molar-refractivity contribution in [3.05, 3.63) is 34.7 Å². The molecule has 106 valence electrons. The maximum atomic E-state index is 5.27. The maximum Gasteiger partial charge on any atom is 0.119 e. The molecule has 1 aromatic heterocycles. The van der Waals surface area contributed by atoms with E-state index in [4.69, 9.17) is 9.72 Å². The van der Waals surface area contributed by atoms with Crippen LogP contribution >= 0.6 is 11.3 Å². The van der Waals surface area contributed by atoms with Crippen LogP contribution in [0.4, 0.5) is 0 Å². The molecule has 0 unspecified atom stereocenters. The molecular formula is C15H19N3OS. The molecule has 3 rings (SSSR count). The summed E-state index contributed by atoms with van der Waals surface area (Å²) in [5.41, 5.74) is 2.16. The van der Waals surface area contributed by atoms with E-state index in [9.17, 15) is 0 Å². The summed E-state index contributed by atoms with van der Waals surface area (Å²) in [6.45, 7) is 5.32. The Morgan fingerprint density at radius 2 is 2.20 bits per heavy atom. The fourth-order valence-electron chi connectivity index (χ4n) is 2.36. The molecule has 0 bridgehead atoms. The van der Waals surface area contributed by atoms with E-state index in [2.05, 4.69) is 21.7 Å². The molecular weight excluding hydrogens is 270 g/mol. The Bertz CT molecular complexity index is 564. The summed E-state index contributed by atoms with van der Waals surface area (Å²) in [6, 6.07) is 8.07. The van der Waals surface area contributed by atoms with Gasteiger partial charge in [-0.15, -0.1) is 11.3 Å². The van der Waals surface area contributed by atoms with E-state index in [1.807, 2.05) is 18.2 Å². The van der Waals surface area contributed by atoms with Crippen molar-refractivity contribution in [2.45, 2.75) is 6.54 Å². The van der Waals surface area contributed by atoms with Crippen molar-refractivity contribution in [1.29, 1.82) is 0 Å². The van der Waals surface area contributed by atoms with Gasteiger partial charge in [-0.05, 0) is 12.1 Å². The average Bonchev–Trinajstić information content (AvgIpc) is 2.97. The molecule has 0 atom stereocenters. The van der Waals surface area contributed by atoms with Gasteiger partial charge >= 0.3 is 0 Å². The third-order valence-electron chi connectivity index (χ3n) is 3.49. The van der Waals surface area contributed by atoms with Crippen LogP contribution in [0.3, 0.4) is 0 Å². The van der Waals surface area contributed by atoms with Gasteiger partial charge in [0.1, 0.15) is 10.8 Å². The monoisotopic (exact) mass is 289 g/mol. The predicted octanol–water partition coefficient (Wildman–Crippen LogP) is 2.22. The average molecular weight is 289 g/mol. The van der Waals surface area contributed by atoms with Crippen molar-refractivity contribution in [3.63, 3.8) is 0 Å². The van der Waals surface area contributed by atoms with Gasteiger partial charge in [0.05, 0.1) is 19.3 Å². The van der Waals surface area contributed by atoms with Crippen LogP contribution < -0.4 is 10.1 Å². The summed E-state index contributed by atoms with van der Waals surface area (Å²) in [7, 11) is 1.69. The van der Waals surface area contributed by atoms with Gasteiger partial charge in [0.15, 0.2) is 0 Å². The first-order valence-corrected chi connectivity index (χ1v) is 7.75. The first-order valence-electron chi connectivity index (χ1n) is 6.87. The molecule has 4 nitrogen and oxygen atoms in total. The van der Waals surface area contributed by atoms with E-state index in [0.29, 0.717) is 0 Å². The van der Waals surface area contributed by atoms with Gasteiger partial charge in [0, 0.05) is 37.1 Å². The number of piperazine rings is 1. The van der Waals surface area contributed by atoms with Gasteiger partial charge < -0.3 is 10.1 Å². The second kappa shape index (κ2) is 6.35. The topological polar surface area (TPSA) is 37.4 Å². The molecule has 0 spiro atoms. The van der Waals surface area contributed by atoms with Crippen LogP contribution in [0.1, 0.15) is 5.01 Å². The zero-order valence-corrected chi connectivity index (χ0v) is 12.4. The third-order valence-corrected chi connectivity index (χ3v) is 4.32. The smallest absolute Gasteiger partial charge is 0.119 e. The van der Waals surface area contributed by atoms with Crippen LogP contribution in [0.5, 0.6) is 5.75 Å². The lowest BCUT2D eigenvalue weighted by Gasteiger charge is -2.26. The lowest BCUT2D eigenvalue weighted by atomic mass is 10.2. The first-order chi connectivity index (χ1) is 9.85. The van der Waals surface area contributed by atoms with Gasteiger partial charge in [-0.1, -0.05) is 12.1 Å². The van der Waals surface area contributed by atoms with Crippen LogP contribution in [0.2, 0.25) is 0 Å². The number of benzene rings is 1. The van der Waals surface area contributed by atoms with Crippen molar-refractivity contribution in [2.24, 2.45) is 0 Å². The largest absolute Gasteiger partial charge is 0.497 e. The zero-order chi connectivity index (χ0) is 13.8. The summed E-state index contributed by atoms with van der Waals surface area (Å²) < 4.78 is 5.27. The maximum absolute atomic E-state index is 5.27. The molecule has 2 aromatic rings. The molecule has 1 aliphatic heterocycles. The highest BCUT2D eigenvalue weighted by molar-refractivity contribution is 7.09. The first kappa shape index (κ1) is 13.5. The standard InChI is InChI=1S/C15H19N3OS/c1-19-13-4-2-3-12(9-13)14-11-20-15(17-14)10-18-7-5-16-6-8-18/h2-4,9,11,16H,5-8,10H2,1H3. The summed E-state index contributed by atoms with van der Waals surface area (Å²) >= 11 is 1.74. The van der Waals surface area contributed by atoms with Gasteiger partial charge in [0.25, 0.3) is 0 Å². The minimum atomic E-state index is 0.874. The molecule has 0 amide bonds. The van der Waals surface area contributed by atoms with Crippen molar-refractivity contribution < 1.29 is 4.74 Å². The number of hydrogen-bond donors (Lipinski definition) is 1. The highest BCUT2D eigenvalue weighted by Crippen LogP contribution is 2.25. The molecule has 0 saturated carbocycles. The van der Waals surface area contributed by atoms with Crippen LogP contribution in [0.25, 0.3) is 11.3 Å². The number of ether oxygens (including phenoxy) is 1. The lowest BCUT2D eigenvalue weighted by molar-refractivity contribution is 0.233. The lowest BCUT2D eigenvalue weighted by Crippen LogP contribution is -2.42. The fraction of sp³-hybridized carbons (Fsp3) is 0.400. The molecule has 0 aliphatic carbocycles. The van der Waals surface area contributed by atoms with E-state index < -0.39 is 0 Å². The Hall–Kier alpha value is -1.43. The summed E-state index contributed by atoms with van der Waals surface area (Å²) in [6.07, 6.45) is 0. The fourth-order valence-corrected chi connectivity index (χ4v) is 3.20. The molecule has 1 aromatic carbocycles. The third kappa shape index (κ3) is 3.17. The molecule has 1 fully saturated rings. The van der Waals surface area contributed by atoms with Crippen molar-refractivity contribution in [2.75, 3.05) is 33.3 Å². The molecule has 5 heteroatoms. The Labute approximate surface area is 123 Å². The van der Waals surface area contributed by atoms with Gasteiger partial charge in [-0.2, -0.15) is 0 Å². The minimum Gasteiger partial charge on any atom is -0.497 e. The van der Waals surface area contributed by atoms with Crippen LogP contribution in [-0.2, 0) is 6.54 Å². The predicted molar refractivity (Wildman–Crippen MR) is 82.2 cm³/mol. The Balaban J connectivity index is 1.72. The quantitative estimate of drug-likeness (QED) is 0.936. The molecule has 20 heavy (non-hydrogen) atoms. The number of thiazole rings is 1. The number of rotatable bonds is 4. The molecule has 2 heterocycles. The van der Waals surface area contributed by atoms with Crippen LogP contribution in [-0.4, -0.2) is 43.2 Å². The van der Waals surface area contributed by atoms with Gasteiger partial charge in [-0.25, -0.2) is 4.98 Å². The summed E-state index contributed by atoms with van der Waals surface area (Å²) in [5.74, 6) is 0.874. The molecule has 1 aliphatic rings. The highest BCUT2D eigenvalue weighted by atomic mass is 32.1. The normalized spacial score (nSPS) is 16.2. The number of methoxy groups -OCH3 is 1. The minimum absolute atomic E-state index is 0.874.